The van der Waals surface area contributed by atoms with Crippen LogP contribution in [0.2, 0.25) is 0 Å². The van der Waals surface area contributed by atoms with E-state index in [1.54, 1.807) is 6.08 Å². The highest BCUT2D eigenvalue weighted by Gasteiger charge is 2.10. The van der Waals surface area contributed by atoms with Gasteiger partial charge in [-0.05, 0) is 37.6 Å². The second kappa shape index (κ2) is 5.41. The van der Waals surface area contributed by atoms with Crippen molar-refractivity contribution in [2.75, 3.05) is 19.1 Å². The summed E-state index contributed by atoms with van der Waals surface area (Å²) in [5, 5.41) is 2.34. The monoisotopic (exact) mass is 271 g/mol. The van der Waals surface area contributed by atoms with Crippen molar-refractivity contribution >= 4 is 35.4 Å². The Balaban J connectivity index is 2.70. The Labute approximate surface area is 114 Å². The third kappa shape index (κ3) is 2.47. The van der Waals surface area contributed by atoms with Crippen molar-refractivity contribution in [3.8, 4) is 0 Å². The Bertz CT molecular complexity index is 660. The van der Waals surface area contributed by atoms with Gasteiger partial charge in [0.15, 0.2) is 0 Å². The van der Waals surface area contributed by atoms with Crippen molar-refractivity contribution in [3.05, 3.63) is 48.8 Å². The van der Waals surface area contributed by atoms with Gasteiger partial charge in [-0.2, -0.15) is 0 Å². The van der Waals surface area contributed by atoms with E-state index in [-0.39, 0.29) is 7.92 Å². The highest BCUT2D eigenvalue weighted by atomic mass is 31.1. The van der Waals surface area contributed by atoms with Crippen LogP contribution in [0.15, 0.2) is 43.1 Å². The first-order valence-electron chi connectivity index (χ1n) is 5.99. The zero-order valence-electron chi connectivity index (χ0n) is 11.2. The summed E-state index contributed by atoms with van der Waals surface area (Å²) in [6.45, 7) is 8.14. The molecule has 0 unspecified atom stereocenters. The predicted octanol–water partition coefficient (Wildman–Crippen LogP) is 2.67. The van der Waals surface area contributed by atoms with E-state index in [0.717, 1.165) is 27.9 Å². The minimum atomic E-state index is -0.273. The lowest BCUT2D eigenvalue weighted by Gasteiger charge is -2.14. The van der Waals surface area contributed by atoms with E-state index in [1.165, 1.54) is 11.5 Å². The number of nitrogens with two attached hydrogens (primary N) is 2. The molecule has 0 bridgehead atoms. The van der Waals surface area contributed by atoms with Crippen molar-refractivity contribution in [2.45, 2.75) is 0 Å². The normalized spacial score (nSPS) is 12.1. The van der Waals surface area contributed by atoms with Gasteiger partial charge in [0.2, 0.25) is 0 Å². The first-order valence-corrected chi connectivity index (χ1v) is 8.23. The lowest BCUT2D eigenvalue weighted by Crippen LogP contribution is -2.09. The number of hydrogen-bond acceptors (Lipinski definition) is 3. The van der Waals surface area contributed by atoms with Gasteiger partial charge in [-0.3, -0.25) is 0 Å². The molecule has 0 radical (unpaired) electrons. The van der Waals surface area contributed by atoms with Gasteiger partial charge in [-0.15, -0.1) is 0 Å². The van der Waals surface area contributed by atoms with Crippen LogP contribution in [0.4, 0.5) is 5.69 Å². The summed E-state index contributed by atoms with van der Waals surface area (Å²) in [5.41, 5.74) is 15.1. The molecule has 0 amide bonds. The number of anilines is 1. The molecule has 4 N–H and O–H groups in total. The topological polar surface area (TPSA) is 64.9 Å². The van der Waals surface area contributed by atoms with Crippen LogP contribution in [0.3, 0.4) is 0 Å². The molecule has 4 heteroatoms. The summed E-state index contributed by atoms with van der Waals surface area (Å²) >= 11 is 0. The Morgan fingerprint density at radius 3 is 2.58 bits per heavy atom. The van der Waals surface area contributed by atoms with Gasteiger partial charge in [0.25, 0.3) is 0 Å². The quantitative estimate of drug-likeness (QED) is 0.512. The van der Waals surface area contributed by atoms with E-state index in [2.05, 4.69) is 31.0 Å². The molecular weight excluding hydrogens is 253 g/mol. The molecule has 1 aromatic heterocycles. The number of fused-ring (bicyclic) bond motifs is 1. The molecule has 19 heavy (non-hydrogen) atoms. The molecule has 0 spiro atoms. The Morgan fingerprint density at radius 2 is 2.00 bits per heavy atom. The van der Waals surface area contributed by atoms with Gasteiger partial charge >= 0.3 is 0 Å². The van der Waals surface area contributed by atoms with Crippen LogP contribution >= 0.6 is 7.92 Å². The number of nitrogen functional groups attached to an aromatic ring is 1. The predicted molar refractivity (Wildman–Crippen MR) is 86.9 cm³/mol. The molecule has 0 aliphatic heterocycles. The van der Waals surface area contributed by atoms with Crippen LogP contribution in [0.1, 0.15) is 5.69 Å². The maximum atomic E-state index is 6.08. The summed E-state index contributed by atoms with van der Waals surface area (Å²) in [5.74, 6) is 0. The molecule has 2 aromatic rings. The molecule has 2 rings (SSSR count). The van der Waals surface area contributed by atoms with Crippen LogP contribution in [-0.2, 0) is 0 Å². The summed E-state index contributed by atoms with van der Waals surface area (Å²) in [4.78, 5) is 4.64. The molecule has 98 valence electrons. The lowest BCUT2D eigenvalue weighted by atomic mass is 10.1. The van der Waals surface area contributed by atoms with Gasteiger partial charge in [0.05, 0.1) is 11.2 Å². The molecule has 0 saturated heterocycles. The molecule has 0 fully saturated rings. The van der Waals surface area contributed by atoms with Crippen LogP contribution in [0.25, 0.3) is 16.5 Å². The van der Waals surface area contributed by atoms with Crippen molar-refractivity contribution < 1.29 is 0 Å². The first kappa shape index (κ1) is 13.6. The summed E-state index contributed by atoms with van der Waals surface area (Å²) in [7, 11) is -0.273. The van der Waals surface area contributed by atoms with E-state index < -0.39 is 0 Å². The molecule has 0 saturated carbocycles. The van der Waals surface area contributed by atoms with E-state index >= 15 is 0 Å². The second-order valence-electron chi connectivity index (χ2n) is 4.49. The summed E-state index contributed by atoms with van der Waals surface area (Å²) in [6.07, 6.45) is 3.23. The van der Waals surface area contributed by atoms with Crippen molar-refractivity contribution in [3.63, 3.8) is 0 Å². The minimum absolute atomic E-state index is 0.273. The maximum absolute atomic E-state index is 6.08. The maximum Gasteiger partial charge on any atom is 0.0723 e. The number of allylic oxidation sites excluding steroid dienone is 2. The smallest absolute Gasteiger partial charge is 0.0723 e. The third-order valence-corrected chi connectivity index (χ3v) is 4.41. The zero-order valence-corrected chi connectivity index (χ0v) is 12.1. The minimum Gasteiger partial charge on any atom is -0.404 e. The molecule has 0 atom stereocenters. The molecule has 1 heterocycles. The molecule has 1 aromatic carbocycles. The Kier molecular flexibility index (Phi) is 3.87. The van der Waals surface area contributed by atoms with Crippen molar-refractivity contribution in [2.24, 2.45) is 5.73 Å². The first-order chi connectivity index (χ1) is 9.08. The van der Waals surface area contributed by atoms with Gasteiger partial charge in [-0.25, -0.2) is 4.98 Å². The zero-order chi connectivity index (χ0) is 14.0. The van der Waals surface area contributed by atoms with Crippen LogP contribution in [0, 0.1) is 0 Å². The average Bonchev–Trinajstić information content (AvgIpc) is 2.39. The number of benzene rings is 1. The van der Waals surface area contributed by atoms with Crippen LogP contribution in [-0.4, -0.2) is 18.3 Å². The Hall–Kier alpha value is -1.86. The van der Waals surface area contributed by atoms with E-state index in [1.807, 2.05) is 18.2 Å². The van der Waals surface area contributed by atoms with Gasteiger partial charge < -0.3 is 11.5 Å². The number of rotatable bonds is 3. The number of hydrogen-bond donors (Lipinski definition) is 2. The standard InChI is InChI=1S/C15H18N3P/c1-4-10(9-16)13-7-5-11-14(18-13)8-6-12(17)15(11)19(2)3/h4-9H,1,16-17H2,2-3H3/b10-9+. The number of nitrogens with zero attached hydrogens (tertiary/aromatic N) is 1. The largest absolute Gasteiger partial charge is 0.404 e. The van der Waals surface area contributed by atoms with E-state index in [4.69, 9.17) is 11.5 Å². The van der Waals surface area contributed by atoms with Crippen molar-refractivity contribution in [1.82, 2.24) is 4.98 Å². The van der Waals surface area contributed by atoms with E-state index in [0.29, 0.717) is 0 Å². The lowest BCUT2D eigenvalue weighted by molar-refractivity contribution is 1.35. The fourth-order valence-corrected chi connectivity index (χ4v) is 3.39. The van der Waals surface area contributed by atoms with Crippen LogP contribution in [0.5, 0.6) is 0 Å². The van der Waals surface area contributed by atoms with Gasteiger partial charge in [0.1, 0.15) is 0 Å². The number of pyridine rings is 1. The fourth-order valence-electron chi connectivity index (χ4n) is 2.12. The van der Waals surface area contributed by atoms with Crippen molar-refractivity contribution in [1.29, 1.82) is 0 Å². The highest BCUT2D eigenvalue weighted by Crippen LogP contribution is 2.32. The average molecular weight is 271 g/mol. The molecule has 0 aliphatic carbocycles. The van der Waals surface area contributed by atoms with Crippen LogP contribution < -0.4 is 16.8 Å². The van der Waals surface area contributed by atoms with Gasteiger partial charge in [0, 0.05) is 28.2 Å². The molecule has 3 nitrogen and oxygen atoms in total. The molecular formula is C15H18N3P. The summed E-state index contributed by atoms with van der Waals surface area (Å²) < 4.78 is 0. The van der Waals surface area contributed by atoms with E-state index in [9.17, 15) is 0 Å². The number of aromatic nitrogens is 1. The van der Waals surface area contributed by atoms with Gasteiger partial charge in [-0.1, -0.05) is 20.6 Å². The fraction of sp³-hybridized carbons (Fsp3) is 0.133. The molecule has 0 aliphatic rings. The second-order valence-corrected chi connectivity index (χ2v) is 6.72. The SMILES string of the molecule is C=C/C(=C\N)c1ccc2c(P(C)C)c(N)ccc2n1. The summed E-state index contributed by atoms with van der Waals surface area (Å²) in [6, 6.07) is 7.91. The Morgan fingerprint density at radius 1 is 1.26 bits per heavy atom. The highest BCUT2D eigenvalue weighted by molar-refractivity contribution is 7.65. The third-order valence-electron chi connectivity index (χ3n) is 3.02.